The van der Waals surface area contributed by atoms with E-state index in [2.05, 4.69) is 65.3 Å². The summed E-state index contributed by atoms with van der Waals surface area (Å²) in [4.78, 5) is 0.253. The van der Waals surface area contributed by atoms with Crippen molar-refractivity contribution < 1.29 is 0 Å². The molecule has 0 amide bonds. The molecule has 0 aromatic heterocycles. The van der Waals surface area contributed by atoms with E-state index in [0.717, 1.165) is 11.4 Å². The third-order valence-electron chi connectivity index (χ3n) is 3.86. The Bertz CT molecular complexity index is 779. The van der Waals surface area contributed by atoms with E-state index in [0.29, 0.717) is 0 Å². The summed E-state index contributed by atoms with van der Waals surface area (Å²) in [6.45, 7) is 2.17. The highest BCUT2D eigenvalue weighted by Gasteiger charge is 2.15. The minimum atomic E-state index is 0.253. The average Bonchev–Trinajstić information content (AvgIpc) is 2.49. The van der Waals surface area contributed by atoms with Gasteiger partial charge in [0.1, 0.15) is 0 Å². The predicted octanol–water partition coefficient (Wildman–Crippen LogP) is 6.48. The van der Waals surface area contributed by atoms with Crippen LogP contribution in [0.1, 0.15) is 21.5 Å². The standard InChI is InChI=1S/C19H16BrCl/c1-13-10-11-14-6-2-4-8-16(14)19(13)17(20)12-15-7-3-5-9-18(15)21/h2-11,17H,12H2,1H3. The molecule has 1 unspecified atom stereocenters. The Kier molecular flexibility index (Phi) is 4.32. The largest absolute Gasteiger partial charge is 0.0840 e. The molecule has 0 nitrogen and oxygen atoms in total. The van der Waals surface area contributed by atoms with Crippen LogP contribution in [0.3, 0.4) is 0 Å². The van der Waals surface area contributed by atoms with Gasteiger partial charge in [-0.05, 0) is 46.9 Å². The smallest absolute Gasteiger partial charge is 0.0444 e. The molecule has 0 spiro atoms. The van der Waals surface area contributed by atoms with Gasteiger partial charge >= 0.3 is 0 Å². The van der Waals surface area contributed by atoms with Crippen LogP contribution in [0.15, 0.2) is 60.7 Å². The summed E-state index contributed by atoms with van der Waals surface area (Å²) in [6.07, 6.45) is 0.883. The molecule has 0 aliphatic heterocycles. The zero-order valence-corrected chi connectivity index (χ0v) is 14.2. The van der Waals surface area contributed by atoms with Crippen LogP contribution >= 0.6 is 27.5 Å². The second-order valence-corrected chi connectivity index (χ2v) is 6.79. The summed E-state index contributed by atoms with van der Waals surface area (Å²) in [6, 6.07) is 21.0. The SMILES string of the molecule is Cc1ccc2ccccc2c1C(Br)Cc1ccccc1Cl. The van der Waals surface area contributed by atoms with E-state index >= 15 is 0 Å². The highest BCUT2D eigenvalue weighted by atomic mass is 79.9. The molecule has 3 aromatic rings. The minimum Gasteiger partial charge on any atom is -0.0840 e. The molecule has 0 heterocycles. The lowest BCUT2D eigenvalue weighted by Crippen LogP contribution is -2.00. The molecular formula is C19H16BrCl. The van der Waals surface area contributed by atoms with Gasteiger partial charge in [0, 0.05) is 9.85 Å². The van der Waals surface area contributed by atoms with Gasteiger partial charge in [-0.15, -0.1) is 0 Å². The van der Waals surface area contributed by atoms with Gasteiger partial charge in [-0.2, -0.15) is 0 Å². The zero-order valence-electron chi connectivity index (χ0n) is 11.8. The Hall–Kier alpha value is -1.31. The summed E-state index contributed by atoms with van der Waals surface area (Å²) >= 11 is 10.2. The highest BCUT2D eigenvalue weighted by molar-refractivity contribution is 9.09. The third kappa shape index (κ3) is 3.00. The Labute approximate surface area is 138 Å². The van der Waals surface area contributed by atoms with Crippen LogP contribution in [-0.4, -0.2) is 0 Å². The third-order valence-corrected chi connectivity index (χ3v) is 5.01. The van der Waals surface area contributed by atoms with Crippen molar-refractivity contribution in [2.24, 2.45) is 0 Å². The molecule has 0 bridgehead atoms. The fourth-order valence-corrected chi connectivity index (χ4v) is 3.95. The van der Waals surface area contributed by atoms with Gasteiger partial charge in [-0.3, -0.25) is 0 Å². The molecule has 3 aromatic carbocycles. The molecule has 0 saturated heterocycles. The molecule has 0 N–H and O–H groups in total. The molecule has 106 valence electrons. The Morgan fingerprint density at radius 1 is 0.952 bits per heavy atom. The van der Waals surface area contributed by atoms with Crippen LogP contribution in [0.5, 0.6) is 0 Å². The average molecular weight is 360 g/mol. The Balaban J connectivity index is 2.04. The fraction of sp³-hybridized carbons (Fsp3) is 0.158. The molecule has 0 aliphatic rings. The summed E-state index contributed by atoms with van der Waals surface area (Å²) < 4.78 is 0. The Morgan fingerprint density at radius 3 is 2.48 bits per heavy atom. The maximum atomic E-state index is 6.29. The lowest BCUT2D eigenvalue weighted by molar-refractivity contribution is 0.948. The maximum absolute atomic E-state index is 6.29. The molecule has 0 radical (unpaired) electrons. The van der Waals surface area contributed by atoms with E-state index in [9.17, 15) is 0 Å². The van der Waals surface area contributed by atoms with E-state index in [4.69, 9.17) is 11.6 Å². The summed E-state index contributed by atoms with van der Waals surface area (Å²) in [5.74, 6) is 0. The van der Waals surface area contributed by atoms with Gasteiger partial charge in [-0.1, -0.05) is 82.1 Å². The van der Waals surface area contributed by atoms with Gasteiger partial charge < -0.3 is 0 Å². The number of hydrogen-bond donors (Lipinski definition) is 0. The van der Waals surface area contributed by atoms with Crippen molar-refractivity contribution in [1.29, 1.82) is 0 Å². The van der Waals surface area contributed by atoms with Crippen LogP contribution in [0.4, 0.5) is 0 Å². The van der Waals surface area contributed by atoms with Gasteiger partial charge in [0.25, 0.3) is 0 Å². The maximum Gasteiger partial charge on any atom is 0.0444 e. The van der Waals surface area contributed by atoms with Crippen LogP contribution in [0.2, 0.25) is 5.02 Å². The van der Waals surface area contributed by atoms with E-state index in [1.165, 1.54) is 27.5 Å². The molecule has 0 fully saturated rings. The molecule has 1 atom stereocenters. The predicted molar refractivity (Wildman–Crippen MR) is 95.5 cm³/mol. The monoisotopic (exact) mass is 358 g/mol. The summed E-state index contributed by atoms with van der Waals surface area (Å²) in [7, 11) is 0. The number of alkyl halides is 1. The number of hydrogen-bond acceptors (Lipinski definition) is 0. The normalized spacial score (nSPS) is 12.5. The van der Waals surface area contributed by atoms with Crippen molar-refractivity contribution in [2.75, 3.05) is 0 Å². The van der Waals surface area contributed by atoms with Crippen LogP contribution in [0, 0.1) is 6.92 Å². The van der Waals surface area contributed by atoms with E-state index in [-0.39, 0.29) is 4.83 Å². The van der Waals surface area contributed by atoms with Crippen molar-refractivity contribution in [3.05, 3.63) is 82.4 Å². The fourth-order valence-electron chi connectivity index (χ4n) is 2.78. The molecule has 3 rings (SSSR count). The van der Waals surface area contributed by atoms with E-state index in [1.807, 2.05) is 18.2 Å². The lowest BCUT2D eigenvalue weighted by Gasteiger charge is -2.17. The van der Waals surface area contributed by atoms with Gasteiger partial charge in [-0.25, -0.2) is 0 Å². The topological polar surface area (TPSA) is 0 Å². The minimum absolute atomic E-state index is 0.253. The Morgan fingerprint density at radius 2 is 1.67 bits per heavy atom. The first-order valence-corrected chi connectivity index (χ1v) is 8.32. The van der Waals surface area contributed by atoms with Gasteiger partial charge in [0.15, 0.2) is 0 Å². The van der Waals surface area contributed by atoms with Crippen molar-refractivity contribution >= 4 is 38.3 Å². The van der Waals surface area contributed by atoms with E-state index in [1.54, 1.807) is 0 Å². The molecule has 0 aliphatic carbocycles. The first-order valence-electron chi connectivity index (χ1n) is 7.02. The van der Waals surface area contributed by atoms with Crippen molar-refractivity contribution in [1.82, 2.24) is 0 Å². The van der Waals surface area contributed by atoms with Crippen LogP contribution in [0.25, 0.3) is 10.8 Å². The number of halogens is 2. The first kappa shape index (κ1) is 14.6. The molecule has 21 heavy (non-hydrogen) atoms. The molecule has 0 saturated carbocycles. The quantitative estimate of drug-likeness (QED) is 0.469. The number of rotatable bonds is 3. The van der Waals surface area contributed by atoms with Crippen molar-refractivity contribution in [2.45, 2.75) is 18.2 Å². The highest BCUT2D eigenvalue weighted by Crippen LogP contribution is 2.36. The van der Waals surface area contributed by atoms with Gasteiger partial charge in [0.2, 0.25) is 0 Å². The first-order chi connectivity index (χ1) is 10.2. The van der Waals surface area contributed by atoms with Crippen LogP contribution < -0.4 is 0 Å². The van der Waals surface area contributed by atoms with Gasteiger partial charge in [0.05, 0.1) is 0 Å². The second-order valence-electron chi connectivity index (χ2n) is 5.28. The van der Waals surface area contributed by atoms with E-state index < -0.39 is 0 Å². The molecular weight excluding hydrogens is 344 g/mol. The second kappa shape index (κ2) is 6.21. The summed E-state index contributed by atoms with van der Waals surface area (Å²) in [5.41, 5.74) is 3.84. The summed E-state index contributed by atoms with van der Waals surface area (Å²) in [5, 5.41) is 3.42. The number of benzene rings is 3. The van der Waals surface area contributed by atoms with Crippen molar-refractivity contribution in [3.63, 3.8) is 0 Å². The number of aryl methyl sites for hydroxylation is 1. The molecule has 2 heteroatoms. The zero-order chi connectivity index (χ0) is 14.8. The van der Waals surface area contributed by atoms with Crippen molar-refractivity contribution in [3.8, 4) is 0 Å². The number of fused-ring (bicyclic) bond motifs is 1. The lowest BCUT2D eigenvalue weighted by atomic mass is 9.94. The van der Waals surface area contributed by atoms with Crippen LogP contribution in [-0.2, 0) is 6.42 Å².